The maximum atomic E-state index is 13.0. The van der Waals surface area contributed by atoms with E-state index in [0.717, 1.165) is 0 Å². The molecule has 0 heterocycles. The molecule has 1 aromatic carbocycles. The van der Waals surface area contributed by atoms with Gasteiger partial charge in [0.2, 0.25) is 0 Å². The third kappa shape index (κ3) is 3.58. The molecule has 0 saturated carbocycles. The van der Waals surface area contributed by atoms with E-state index in [9.17, 15) is 9.50 Å². The normalized spacial score (nSPS) is 15.9. The van der Waals surface area contributed by atoms with E-state index in [2.05, 4.69) is 0 Å². The average Bonchev–Trinajstić information content (AvgIpc) is 2.16. The summed E-state index contributed by atoms with van der Waals surface area (Å²) in [6.45, 7) is 6.07. The Hall–Kier alpha value is -0.930. The van der Waals surface area contributed by atoms with Gasteiger partial charge in [-0.15, -0.1) is 0 Å². The fraction of sp³-hybridized carbons (Fsp3) is 0.538. The lowest BCUT2D eigenvalue weighted by molar-refractivity contribution is 0.133. The topological polar surface area (TPSA) is 46.2 Å². The summed E-state index contributed by atoms with van der Waals surface area (Å²) in [5.41, 5.74) is 6.50. The van der Waals surface area contributed by atoms with E-state index in [-0.39, 0.29) is 17.3 Å². The number of aliphatic hydroxyl groups excluding tert-OH is 1. The van der Waals surface area contributed by atoms with Crippen molar-refractivity contribution < 1.29 is 9.50 Å². The van der Waals surface area contributed by atoms with Crippen LogP contribution in [0, 0.1) is 11.2 Å². The van der Waals surface area contributed by atoms with Crippen molar-refractivity contribution in [2.75, 3.05) is 0 Å². The quantitative estimate of drug-likeness (QED) is 0.830. The standard InChI is InChI=1S/C13H20FNO/c1-13(2,3)12(15)8-11(16)9-5-4-6-10(14)7-9/h4-7,11-12,16H,8,15H2,1-3H3/t11-,12+/m0/s1. The Morgan fingerprint density at radius 2 is 2.00 bits per heavy atom. The van der Waals surface area contributed by atoms with Gasteiger partial charge in [-0.3, -0.25) is 0 Å². The Balaban J connectivity index is 2.69. The van der Waals surface area contributed by atoms with Gasteiger partial charge in [-0.2, -0.15) is 0 Å². The Labute approximate surface area is 96.3 Å². The number of hydrogen-bond acceptors (Lipinski definition) is 2. The molecule has 2 atom stereocenters. The molecule has 2 nitrogen and oxygen atoms in total. The van der Waals surface area contributed by atoms with Gasteiger partial charge < -0.3 is 10.8 Å². The van der Waals surface area contributed by atoms with Crippen LogP contribution in [0.2, 0.25) is 0 Å². The van der Waals surface area contributed by atoms with Crippen molar-refractivity contribution in [2.24, 2.45) is 11.1 Å². The van der Waals surface area contributed by atoms with Crippen LogP contribution in [0.5, 0.6) is 0 Å². The largest absolute Gasteiger partial charge is 0.388 e. The molecule has 0 saturated heterocycles. The zero-order valence-corrected chi connectivity index (χ0v) is 10.1. The van der Waals surface area contributed by atoms with E-state index in [1.807, 2.05) is 20.8 Å². The van der Waals surface area contributed by atoms with Crippen LogP contribution in [0.3, 0.4) is 0 Å². The van der Waals surface area contributed by atoms with Crippen LogP contribution >= 0.6 is 0 Å². The highest BCUT2D eigenvalue weighted by atomic mass is 19.1. The number of rotatable bonds is 3. The SMILES string of the molecule is CC(C)(C)[C@H](N)C[C@H](O)c1cccc(F)c1. The van der Waals surface area contributed by atoms with E-state index in [0.29, 0.717) is 12.0 Å². The summed E-state index contributed by atoms with van der Waals surface area (Å²) in [6.07, 6.45) is -0.266. The van der Waals surface area contributed by atoms with Crippen molar-refractivity contribution in [3.05, 3.63) is 35.6 Å². The van der Waals surface area contributed by atoms with E-state index in [1.165, 1.54) is 12.1 Å². The number of nitrogens with two attached hydrogens (primary N) is 1. The van der Waals surface area contributed by atoms with Crippen LogP contribution < -0.4 is 5.73 Å². The number of aliphatic hydroxyl groups is 1. The fourth-order valence-electron chi connectivity index (χ4n) is 1.44. The molecular formula is C13H20FNO. The second-order valence-electron chi connectivity index (χ2n) is 5.28. The van der Waals surface area contributed by atoms with Crippen LogP contribution in [0.15, 0.2) is 24.3 Å². The molecule has 0 amide bonds. The van der Waals surface area contributed by atoms with Crippen molar-refractivity contribution in [3.8, 4) is 0 Å². The van der Waals surface area contributed by atoms with Crippen molar-refractivity contribution in [1.82, 2.24) is 0 Å². The second-order valence-corrected chi connectivity index (χ2v) is 5.28. The first-order valence-electron chi connectivity index (χ1n) is 5.50. The lowest BCUT2D eigenvalue weighted by atomic mass is 9.83. The first kappa shape index (κ1) is 13.1. The minimum atomic E-state index is -0.704. The Bertz CT molecular complexity index is 346. The molecule has 16 heavy (non-hydrogen) atoms. The summed E-state index contributed by atoms with van der Waals surface area (Å²) in [6, 6.07) is 5.89. The molecule has 0 spiro atoms. The Morgan fingerprint density at radius 3 is 2.50 bits per heavy atom. The van der Waals surface area contributed by atoms with Crippen molar-refractivity contribution >= 4 is 0 Å². The molecule has 0 radical (unpaired) electrons. The Morgan fingerprint density at radius 1 is 1.38 bits per heavy atom. The highest BCUT2D eigenvalue weighted by molar-refractivity contribution is 5.19. The molecule has 0 fully saturated rings. The van der Waals surface area contributed by atoms with Crippen LogP contribution in [-0.4, -0.2) is 11.1 Å². The highest BCUT2D eigenvalue weighted by Gasteiger charge is 2.23. The number of hydrogen-bond donors (Lipinski definition) is 2. The smallest absolute Gasteiger partial charge is 0.123 e. The second kappa shape index (κ2) is 4.93. The van der Waals surface area contributed by atoms with Crippen LogP contribution in [-0.2, 0) is 0 Å². The monoisotopic (exact) mass is 225 g/mol. The molecular weight excluding hydrogens is 205 g/mol. The van der Waals surface area contributed by atoms with Crippen LogP contribution in [0.1, 0.15) is 38.9 Å². The average molecular weight is 225 g/mol. The van der Waals surface area contributed by atoms with Gasteiger partial charge in [0.05, 0.1) is 6.10 Å². The van der Waals surface area contributed by atoms with E-state index in [1.54, 1.807) is 12.1 Å². The maximum Gasteiger partial charge on any atom is 0.123 e. The van der Waals surface area contributed by atoms with Crippen molar-refractivity contribution in [3.63, 3.8) is 0 Å². The van der Waals surface area contributed by atoms with Crippen molar-refractivity contribution in [2.45, 2.75) is 39.3 Å². The summed E-state index contributed by atoms with van der Waals surface area (Å²) in [5.74, 6) is -0.333. The van der Waals surface area contributed by atoms with Gasteiger partial charge in [0.25, 0.3) is 0 Å². The third-order valence-electron chi connectivity index (χ3n) is 2.82. The summed E-state index contributed by atoms with van der Waals surface area (Å²) in [4.78, 5) is 0. The number of halogens is 1. The first-order valence-corrected chi connectivity index (χ1v) is 5.50. The van der Waals surface area contributed by atoms with E-state index >= 15 is 0 Å². The predicted octanol–water partition coefficient (Wildman–Crippen LogP) is 2.62. The van der Waals surface area contributed by atoms with E-state index < -0.39 is 6.10 Å². The van der Waals surface area contributed by atoms with Gasteiger partial charge in [0.15, 0.2) is 0 Å². The fourth-order valence-corrected chi connectivity index (χ4v) is 1.44. The molecule has 0 aliphatic rings. The minimum Gasteiger partial charge on any atom is -0.388 e. The van der Waals surface area contributed by atoms with Gasteiger partial charge in [-0.05, 0) is 29.5 Å². The molecule has 0 aliphatic heterocycles. The molecule has 0 aliphatic carbocycles. The highest BCUT2D eigenvalue weighted by Crippen LogP contribution is 2.26. The van der Waals surface area contributed by atoms with Crippen LogP contribution in [0.25, 0.3) is 0 Å². The summed E-state index contributed by atoms with van der Waals surface area (Å²) >= 11 is 0. The molecule has 90 valence electrons. The van der Waals surface area contributed by atoms with Crippen molar-refractivity contribution in [1.29, 1.82) is 0 Å². The van der Waals surface area contributed by atoms with Gasteiger partial charge in [0.1, 0.15) is 5.82 Å². The predicted molar refractivity (Wildman–Crippen MR) is 63.4 cm³/mol. The van der Waals surface area contributed by atoms with Gasteiger partial charge >= 0.3 is 0 Å². The zero-order chi connectivity index (χ0) is 12.3. The van der Waals surface area contributed by atoms with Gasteiger partial charge in [0, 0.05) is 6.04 Å². The number of benzene rings is 1. The molecule has 0 unspecified atom stereocenters. The minimum absolute atomic E-state index is 0.0612. The lowest BCUT2D eigenvalue weighted by Gasteiger charge is -2.29. The molecule has 0 aromatic heterocycles. The third-order valence-corrected chi connectivity index (χ3v) is 2.82. The zero-order valence-electron chi connectivity index (χ0n) is 10.1. The van der Waals surface area contributed by atoms with E-state index in [4.69, 9.17) is 5.73 Å². The molecule has 1 rings (SSSR count). The van der Waals surface area contributed by atoms with Gasteiger partial charge in [-0.25, -0.2) is 4.39 Å². The molecule has 3 N–H and O–H groups in total. The summed E-state index contributed by atoms with van der Waals surface area (Å²) in [7, 11) is 0. The summed E-state index contributed by atoms with van der Waals surface area (Å²) in [5, 5.41) is 9.93. The molecule has 0 bridgehead atoms. The molecule has 1 aromatic rings. The maximum absolute atomic E-state index is 13.0. The Kier molecular flexibility index (Phi) is 4.05. The lowest BCUT2D eigenvalue weighted by Crippen LogP contribution is -2.36. The van der Waals surface area contributed by atoms with Crippen LogP contribution in [0.4, 0.5) is 4.39 Å². The molecule has 3 heteroatoms. The van der Waals surface area contributed by atoms with Gasteiger partial charge in [-0.1, -0.05) is 32.9 Å². The first-order chi connectivity index (χ1) is 7.30. The summed E-state index contributed by atoms with van der Waals surface area (Å²) < 4.78 is 13.0.